The van der Waals surface area contributed by atoms with Crippen molar-refractivity contribution < 1.29 is 14.4 Å². The fourth-order valence-corrected chi connectivity index (χ4v) is 4.99. The van der Waals surface area contributed by atoms with Crippen LogP contribution in [0, 0.1) is 23.7 Å². The highest BCUT2D eigenvalue weighted by Gasteiger charge is 2.59. The lowest BCUT2D eigenvalue weighted by Gasteiger charge is -2.24. The van der Waals surface area contributed by atoms with Crippen molar-refractivity contribution >= 4 is 17.7 Å². The van der Waals surface area contributed by atoms with Gasteiger partial charge in [-0.05, 0) is 30.2 Å². The average molecular weight is 380 g/mol. The lowest BCUT2D eigenvalue weighted by Crippen LogP contribution is -2.38. The minimum Gasteiger partial charge on any atom is -0.338 e. The van der Waals surface area contributed by atoms with E-state index < -0.39 is 0 Å². The van der Waals surface area contributed by atoms with Crippen LogP contribution in [-0.4, -0.2) is 40.6 Å². The first-order valence-electron chi connectivity index (χ1n) is 10.5. The lowest BCUT2D eigenvalue weighted by molar-refractivity contribution is -0.141. The van der Waals surface area contributed by atoms with Gasteiger partial charge >= 0.3 is 0 Å². The van der Waals surface area contributed by atoms with Crippen LogP contribution >= 0.6 is 0 Å². The van der Waals surface area contributed by atoms with Crippen LogP contribution in [0.15, 0.2) is 42.5 Å². The molecule has 1 heterocycles. The van der Waals surface area contributed by atoms with Crippen molar-refractivity contribution in [1.82, 2.24) is 9.80 Å². The van der Waals surface area contributed by atoms with E-state index in [1.807, 2.05) is 35.2 Å². The molecule has 5 heteroatoms. The maximum absolute atomic E-state index is 12.9. The average Bonchev–Trinajstić information content (AvgIpc) is 3.38. The Kier molecular flexibility index (Phi) is 5.33. The molecule has 3 aliphatic rings. The summed E-state index contributed by atoms with van der Waals surface area (Å²) in [7, 11) is 0. The van der Waals surface area contributed by atoms with E-state index in [0.29, 0.717) is 13.1 Å². The molecule has 1 aromatic carbocycles. The van der Waals surface area contributed by atoms with Gasteiger partial charge < -0.3 is 4.90 Å². The summed E-state index contributed by atoms with van der Waals surface area (Å²) < 4.78 is 0. The van der Waals surface area contributed by atoms with E-state index in [2.05, 4.69) is 19.1 Å². The Morgan fingerprint density at radius 3 is 2.32 bits per heavy atom. The van der Waals surface area contributed by atoms with Gasteiger partial charge in [-0.15, -0.1) is 0 Å². The predicted molar refractivity (Wildman–Crippen MR) is 106 cm³/mol. The summed E-state index contributed by atoms with van der Waals surface area (Å²) in [4.78, 5) is 41.7. The van der Waals surface area contributed by atoms with E-state index >= 15 is 0 Å². The first-order chi connectivity index (χ1) is 13.6. The molecule has 2 fully saturated rings. The van der Waals surface area contributed by atoms with Crippen LogP contribution < -0.4 is 0 Å². The van der Waals surface area contributed by atoms with Crippen molar-refractivity contribution in [3.63, 3.8) is 0 Å². The van der Waals surface area contributed by atoms with Gasteiger partial charge in [0.25, 0.3) is 0 Å². The zero-order valence-corrected chi connectivity index (χ0v) is 16.4. The Hall–Kier alpha value is -2.43. The molecule has 5 nitrogen and oxygen atoms in total. The third-order valence-corrected chi connectivity index (χ3v) is 6.46. The van der Waals surface area contributed by atoms with Crippen LogP contribution in [0.1, 0.15) is 38.2 Å². The molecule has 2 aliphatic carbocycles. The molecule has 0 radical (unpaired) electrons. The van der Waals surface area contributed by atoms with Gasteiger partial charge in [0.2, 0.25) is 17.7 Å². The maximum atomic E-state index is 12.9. The molecular formula is C23H28N2O3. The van der Waals surface area contributed by atoms with Crippen LogP contribution in [0.4, 0.5) is 0 Å². The standard InChI is InChI=1S/C23H28N2O3/c1-2-3-12-24(15-16-7-5-4-6-8-16)19(26)11-13-25-22(27)20-17-9-10-18(14-17)21(20)23(25)28/h4-10,17-18,20-21H,2-3,11-15H2,1H3. The van der Waals surface area contributed by atoms with Gasteiger partial charge in [0.1, 0.15) is 0 Å². The second-order valence-corrected chi connectivity index (χ2v) is 8.23. The van der Waals surface area contributed by atoms with Gasteiger partial charge in [-0.3, -0.25) is 19.3 Å². The highest BCUT2D eigenvalue weighted by atomic mass is 16.2. The number of likely N-dealkylation sites (tertiary alicyclic amines) is 1. The van der Waals surface area contributed by atoms with Gasteiger partial charge in [0, 0.05) is 26.1 Å². The van der Waals surface area contributed by atoms with Crippen LogP contribution in [0.25, 0.3) is 0 Å². The molecule has 1 saturated heterocycles. The van der Waals surface area contributed by atoms with Crippen molar-refractivity contribution in [1.29, 1.82) is 0 Å². The Bertz CT molecular complexity index is 758. The third kappa shape index (κ3) is 3.38. The summed E-state index contributed by atoms with van der Waals surface area (Å²) in [6.07, 6.45) is 7.29. The zero-order valence-electron chi connectivity index (χ0n) is 16.4. The molecule has 4 rings (SSSR count). The molecule has 0 N–H and O–H groups in total. The fraction of sp³-hybridized carbons (Fsp3) is 0.522. The summed E-state index contributed by atoms with van der Waals surface area (Å²) in [5, 5.41) is 0. The number of hydrogen-bond acceptors (Lipinski definition) is 3. The number of fused-ring (bicyclic) bond motifs is 5. The number of allylic oxidation sites excluding steroid dienone is 2. The van der Waals surface area contributed by atoms with Crippen LogP contribution in [-0.2, 0) is 20.9 Å². The first-order valence-corrected chi connectivity index (χ1v) is 10.5. The van der Waals surface area contributed by atoms with E-state index in [-0.39, 0.29) is 54.4 Å². The van der Waals surface area contributed by atoms with Crippen molar-refractivity contribution in [2.75, 3.05) is 13.1 Å². The third-order valence-electron chi connectivity index (χ3n) is 6.46. The van der Waals surface area contributed by atoms with Gasteiger partial charge in [-0.1, -0.05) is 55.8 Å². The van der Waals surface area contributed by atoms with E-state index in [1.54, 1.807) is 0 Å². The normalized spacial score (nSPS) is 27.5. The number of carbonyl (C=O) groups is 3. The Balaban J connectivity index is 1.38. The minimum absolute atomic E-state index is 0.0102. The Labute approximate surface area is 166 Å². The van der Waals surface area contributed by atoms with E-state index in [0.717, 1.165) is 24.8 Å². The smallest absolute Gasteiger partial charge is 0.233 e. The maximum Gasteiger partial charge on any atom is 0.233 e. The van der Waals surface area contributed by atoms with Gasteiger partial charge in [0.15, 0.2) is 0 Å². The molecule has 3 amide bonds. The van der Waals surface area contributed by atoms with Gasteiger partial charge in [-0.25, -0.2) is 0 Å². The number of amides is 3. The molecular weight excluding hydrogens is 352 g/mol. The van der Waals surface area contributed by atoms with E-state index in [4.69, 9.17) is 0 Å². The number of benzene rings is 1. The molecule has 2 bridgehead atoms. The first kappa shape index (κ1) is 18.9. The largest absolute Gasteiger partial charge is 0.338 e. The monoisotopic (exact) mass is 380 g/mol. The van der Waals surface area contributed by atoms with Crippen LogP contribution in [0.3, 0.4) is 0 Å². The zero-order chi connectivity index (χ0) is 19.7. The van der Waals surface area contributed by atoms with Crippen LogP contribution in [0.5, 0.6) is 0 Å². The summed E-state index contributed by atoms with van der Waals surface area (Å²) in [5.41, 5.74) is 1.09. The summed E-state index contributed by atoms with van der Waals surface area (Å²) in [6, 6.07) is 9.94. The van der Waals surface area contributed by atoms with Gasteiger partial charge in [-0.2, -0.15) is 0 Å². The Morgan fingerprint density at radius 2 is 1.71 bits per heavy atom. The highest BCUT2D eigenvalue weighted by molar-refractivity contribution is 6.06. The van der Waals surface area contributed by atoms with Crippen LogP contribution in [0.2, 0.25) is 0 Å². The molecule has 0 aromatic heterocycles. The number of rotatable bonds is 8. The molecule has 1 aromatic rings. The van der Waals surface area contributed by atoms with Crippen molar-refractivity contribution in [2.45, 2.75) is 39.2 Å². The molecule has 4 unspecified atom stereocenters. The second-order valence-electron chi connectivity index (χ2n) is 8.23. The molecule has 1 aliphatic heterocycles. The molecule has 1 saturated carbocycles. The lowest BCUT2D eigenvalue weighted by atomic mass is 9.85. The van der Waals surface area contributed by atoms with Crippen molar-refractivity contribution in [3.05, 3.63) is 48.0 Å². The highest BCUT2D eigenvalue weighted by Crippen LogP contribution is 2.52. The predicted octanol–water partition coefficient (Wildman–Crippen LogP) is 3.01. The summed E-state index contributed by atoms with van der Waals surface area (Å²) >= 11 is 0. The Morgan fingerprint density at radius 1 is 1.07 bits per heavy atom. The molecule has 4 atom stereocenters. The summed E-state index contributed by atoms with van der Waals surface area (Å²) in [6.45, 7) is 3.58. The topological polar surface area (TPSA) is 57.7 Å². The number of imide groups is 1. The second kappa shape index (κ2) is 7.90. The minimum atomic E-state index is -0.182. The number of unbranched alkanes of at least 4 members (excludes halogenated alkanes) is 1. The van der Waals surface area contributed by atoms with E-state index in [1.165, 1.54) is 4.90 Å². The van der Waals surface area contributed by atoms with Gasteiger partial charge in [0.05, 0.1) is 11.8 Å². The fourth-order valence-electron chi connectivity index (χ4n) is 4.99. The molecule has 28 heavy (non-hydrogen) atoms. The van der Waals surface area contributed by atoms with Crippen molar-refractivity contribution in [3.8, 4) is 0 Å². The molecule has 0 spiro atoms. The van der Waals surface area contributed by atoms with E-state index in [9.17, 15) is 14.4 Å². The SMILES string of the molecule is CCCCN(Cc1ccccc1)C(=O)CCN1C(=O)C2C3C=CC(C3)C2C1=O. The van der Waals surface area contributed by atoms with Crippen molar-refractivity contribution in [2.24, 2.45) is 23.7 Å². The quantitative estimate of drug-likeness (QED) is 0.515. The number of carbonyl (C=O) groups excluding carboxylic acids is 3. The summed E-state index contributed by atoms with van der Waals surface area (Å²) in [5.74, 6) is -0.0597. The number of hydrogen-bond donors (Lipinski definition) is 0. The molecule has 148 valence electrons. The number of nitrogens with zero attached hydrogens (tertiary/aromatic N) is 2.